The van der Waals surface area contributed by atoms with Crippen LogP contribution in [0.1, 0.15) is 20.2 Å². The summed E-state index contributed by atoms with van der Waals surface area (Å²) < 4.78 is 5.14. The molecular weight excluding hydrogens is 416 g/mol. The van der Waals surface area contributed by atoms with Gasteiger partial charge in [0, 0.05) is 43.3 Å². The summed E-state index contributed by atoms with van der Waals surface area (Å²) in [5.74, 6) is 0.222. The number of pyridine rings is 1. The van der Waals surface area contributed by atoms with Crippen LogP contribution in [-0.2, 0) is 0 Å². The molecule has 1 aromatic carbocycles. The van der Waals surface area contributed by atoms with Crippen molar-refractivity contribution in [2.75, 3.05) is 48.8 Å². The standard InChI is InChI=1S/C21H22N6O3S/c1-30-15-4-2-3-14(11-15)19(28)25-18-13-31-21(26-18)20(29)24-16-12-23-6-5-17(16)27-9-7-22-8-10-27/h2-6,11-13,22H,7-10H2,1H3,(H,24,29)(H,25,28). The molecule has 0 unspecified atom stereocenters. The van der Waals surface area contributed by atoms with Crippen LogP contribution in [0.3, 0.4) is 0 Å². The molecule has 10 heteroatoms. The van der Waals surface area contributed by atoms with Gasteiger partial charge in [0.25, 0.3) is 11.8 Å². The molecule has 0 spiro atoms. The van der Waals surface area contributed by atoms with Crippen LogP contribution < -0.4 is 25.6 Å². The van der Waals surface area contributed by atoms with Crippen molar-refractivity contribution in [3.05, 3.63) is 58.7 Å². The van der Waals surface area contributed by atoms with Crippen LogP contribution in [0.4, 0.5) is 17.2 Å². The maximum Gasteiger partial charge on any atom is 0.284 e. The van der Waals surface area contributed by atoms with Crippen molar-refractivity contribution in [1.82, 2.24) is 15.3 Å². The molecule has 0 aliphatic carbocycles. The van der Waals surface area contributed by atoms with Gasteiger partial charge in [-0.1, -0.05) is 6.07 Å². The van der Waals surface area contributed by atoms with E-state index in [9.17, 15) is 9.59 Å². The van der Waals surface area contributed by atoms with Crippen LogP contribution in [0.2, 0.25) is 0 Å². The van der Waals surface area contributed by atoms with Crippen molar-refractivity contribution in [2.24, 2.45) is 0 Å². The fourth-order valence-electron chi connectivity index (χ4n) is 3.23. The summed E-state index contributed by atoms with van der Waals surface area (Å²) in [6.07, 6.45) is 3.34. The summed E-state index contributed by atoms with van der Waals surface area (Å²) in [5, 5.41) is 10.8. The van der Waals surface area contributed by atoms with Gasteiger partial charge in [0.1, 0.15) is 11.6 Å². The fraction of sp³-hybridized carbons (Fsp3) is 0.238. The van der Waals surface area contributed by atoms with Gasteiger partial charge >= 0.3 is 0 Å². The number of aromatic nitrogens is 2. The van der Waals surface area contributed by atoms with E-state index in [0.717, 1.165) is 43.2 Å². The van der Waals surface area contributed by atoms with E-state index < -0.39 is 0 Å². The molecule has 2 amide bonds. The number of benzene rings is 1. The highest BCUT2D eigenvalue weighted by Gasteiger charge is 2.18. The van der Waals surface area contributed by atoms with Crippen LogP contribution in [0, 0.1) is 0 Å². The van der Waals surface area contributed by atoms with E-state index in [1.165, 1.54) is 7.11 Å². The first-order valence-corrected chi connectivity index (χ1v) is 10.6. The van der Waals surface area contributed by atoms with Gasteiger partial charge in [0.15, 0.2) is 5.01 Å². The highest BCUT2D eigenvalue weighted by atomic mass is 32.1. The highest BCUT2D eigenvalue weighted by Crippen LogP contribution is 2.26. The lowest BCUT2D eigenvalue weighted by Gasteiger charge is -2.30. The van der Waals surface area contributed by atoms with Crippen molar-refractivity contribution in [3.8, 4) is 5.75 Å². The van der Waals surface area contributed by atoms with Gasteiger partial charge in [-0.15, -0.1) is 11.3 Å². The van der Waals surface area contributed by atoms with Crippen molar-refractivity contribution in [3.63, 3.8) is 0 Å². The first-order valence-electron chi connectivity index (χ1n) is 9.76. The number of nitrogens with one attached hydrogen (secondary N) is 3. The van der Waals surface area contributed by atoms with Crippen molar-refractivity contribution in [1.29, 1.82) is 0 Å². The van der Waals surface area contributed by atoms with Gasteiger partial charge in [0.05, 0.1) is 24.7 Å². The second-order valence-corrected chi connectivity index (χ2v) is 7.67. The number of anilines is 3. The van der Waals surface area contributed by atoms with Crippen LogP contribution in [0.5, 0.6) is 5.75 Å². The molecule has 1 aliphatic rings. The van der Waals surface area contributed by atoms with E-state index in [1.807, 2.05) is 6.07 Å². The quantitative estimate of drug-likeness (QED) is 0.542. The molecule has 2 aromatic heterocycles. The van der Waals surface area contributed by atoms with Crippen LogP contribution in [0.25, 0.3) is 0 Å². The predicted octanol–water partition coefficient (Wildman–Crippen LogP) is 2.46. The van der Waals surface area contributed by atoms with Gasteiger partial charge in [-0.05, 0) is 24.3 Å². The number of methoxy groups -OCH3 is 1. The Morgan fingerprint density at radius 2 is 2.00 bits per heavy atom. The van der Waals surface area contributed by atoms with Gasteiger partial charge in [-0.3, -0.25) is 14.6 Å². The number of hydrogen-bond acceptors (Lipinski definition) is 8. The number of ether oxygens (including phenoxy) is 1. The average Bonchev–Trinajstić information content (AvgIpc) is 3.28. The normalized spacial score (nSPS) is 13.5. The lowest BCUT2D eigenvalue weighted by Crippen LogP contribution is -2.43. The molecule has 1 fully saturated rings. The van der Waals surface area contributed by atoms with Crippen LogP contribution in [-0.4, -0.2) is 55.1 Å². The molecule has 9 nitrogen and oxygen atoms in total. The number of hydrogen-bond donors (Lipinski definition) is 3. The molecule has 160 valence electrons. The van der Waals surface area contributed by atoms with Gasteiger partial charge < -0.3 is 25.6 Å². The lowest BCUT2D eigenvalue weighted by atomic mass is 10.2. The first-order chi connectivity index (χ1) is 15.1. The Hall–Kier alpha value is -3.50. The minimum atomic E-state index is -0.351. The Morgan fingerprint density at radius 3 is 2.81 bits per heavy atom. The van der Waals surface area contributed by atoms with Crippen LogP contribution in [0.15, 0.2) is 48.1 Å². The molecule has 1 saturated heterocycles. The van der Waals surface area contributed by atoms with E-state index in [4.69, 9.17) is 4.74 Å². The Bertz CT molecular complexity index is 1080. The zero-order valence-electron chi connectivity index (χ0n) is 16.9. The summed E-state index contributed by atoms with van der Waals surface area (Å²) in [4.78, 5) is 35.8. The molecule has 3 heterocycles. The van der Waals surface area contributed by atoms with E-state index in [1.54, 1.807) is 42.0 Å². The largest absolute Gasteiger partial charge is 0.497 e. The number of carbonyl (C=O) groups excluding carboxylic acids is 2. The Morgan fingerprint density at radius 1 is 1.16 bits per heavy atom. The highest BCUT2D eigenvalue weighted by molar-refractivity contribution is 7.12. The molecule has 3 N–H and O–H groups in total. The van der Waals surface area contributed by atoms with Crippen molar-refractivity contribution in [2.45, 2.75) is 0 Å². The molecule has 31 heavy (non-hydrogen) atoms. The number of rotatable bonds is 6. The third kappa shape index (κ3) is 4.98. The maximum absolute atomic E-state index is 12.8. The van der Waals surface area contributed by atoms with Crippen molar-refractivity contribution >= 4 is 40.3 Å². The minimum Gasteiger partial charge on any atom is -0.497 e. The van der Waals surface area contributed by atoms with Gasteiger partial charge in [-0.2, -0.15) is 0 Å². The smallest absolute Gasteiger partial charge is 0.284 e. The van der Waals surface area contributed by atoms with Crippen LogP contribution >= 0.6 is 11.3 Å². The zero-order valence-corrected chi connectivity index (χ0v) is 17.7. The number of piperazine rings is 1. The van der Waals surface area contributed by atoms with E-state index in [0.29, 0.717) is 22.8 Å². The van der Waals surface area contributed by atoms with Crippen molar-refractivity contribution < 1.29 is 14.3 Å². The number of nitrogens with zero attached hydrogens (tertiary/aromatic N) is 3. The number of amides is 2. The summed E-state index contributed by atoms with van der Waals surface area (Å²) >= 11 is 1.16. The lowest BCUT2D eigenvalue weighted by molar-refractivity contribution is 0.101. The molecule has 1 aliphatic heterocycles. The molecular formula is C21H22N6O3S. The van der Waals surface area contributed by atoms with E-state index in [-0.39, 0.29) is 16.8 Å². The number of carbonyl (C=O) groups is 2. The fourth-order valence-corrected chi connectivity index (χ4v) is 3.87. The summed E-state index contributed by atoms with van der Waals surface area (Å²) in [7, 11) is 1.54. The van der Waals surface area contributed by atoms with E-state index >= 15 is 0 Å². The minimum absolute atomic E-state index is 0.246. The molecule has 0 bridgehead atoms. The summed E-state index contributed by atoms with van der Waals surface area (Å²) in [6, 6.07) is 8.70. The Kier molecular flexibility index (Phi) is 6.39. The second kappa shape index (κ2) is 9.54. The summed E-state index contributed by atoms with van der Waals surface area (Å²) in [6.45, 7) is 3.48. The number of thiazole rings is 1. The third-order valence-electron chi connectivity index (χ3n) is 4.78. The van der Waals surface area contributed by atoms with Gasteiger partial charge in [-0.25, -0.2) is 4.98 Å². The topological polar surface area (TPSA) is 108 Å². The third-order valence-corrected chi connectivity index (χ3v) is 5.62. The van der Waals surface area contributed by atoms with E-state index in [2.05, 4.69) is 30.8 Å². The molecule has 4 rings (SSSR count). The first kappa shape index (κ1) is 20.8. The molecule has 3 aromatic rings. The Labute approximate surface area is 183 Å². The Balaban J connectivity index is 1.43. The maximum atomic E-state index is 12.8. The predicted molar refractivity (Wildman–Crippen MR) is 120 cm³/mol. The summed E-state index contributed by atoms with van der Waals surface area (Å²) in [5.41, 5.74) is 1.99. The van der Waals surface area contributed by atoms with Gasteiger partial charge in [0.2, 0.25) is 0 Å². The average molecular weight is 439 g/mol. The second-order valence-electron chi connectivity index (χ2n) is 6.81. The SMILES string of the molecule is COc1cccc(C(=O)Nc2csc(C(=O)Nc3cnccc3N3CCNCC3)n2)c1. The molecule has 0 atom stereocenters. The monoisotopic (exact) mass is 438 g/mol. The molecule has 0 saturated carbocycles. The zero-order chi connectivity index (χ0) is 21.6. The molecule has 0 radical (unpaired) electrons.